The van der Waals surface area contributed by atoms with Gasteiger partial charge in [0.05, 0.1) is 0 Å². The number of likely N-dealkylation sites (tertiary alicyclic amines) is 2. The normalized spacial score (nSPS) is 33.2. The van der Waals surface area contributed by atoms with E-state index in [1.807, 2.05) is 0 Å². The molecule has 0 radical (unpaired) electrons. The van der Waals surface area contributed by atoms with Crippen LogP contribution in [0, 0.1) is 0 Å². The summed E-state index contributed by atoms with van der Waals surface area (Å²) in [7, 11) is 0. The van der Waals surface area contributed by atoms with Crippen LogP contribution in [0.5, 0.6) is 0 Å². The predicted octanol–water partition coefficient (Wildman–Crippen LogP) is 2.58. The summed E-state index contributed by atoms with van der Waals surface area (Å²) >= 11 is 0. The molecule has 4 nitrogen and oxygen atoms in total. The second-order valence-corrected chi connectivity index (χ2v) is 6.40. The molecule has 1 N–H and O–H groups in total. The van der Waals surface area contributed by atoms with Gasteiger partial charge in [-0.15, -0.1) is 0 Å². The Balaban J connectivity index is 2.11. The van der Waals surface area contributed by atoms with Crippen molar-refractivity contribution < 1.29 is 9.90 Å². The third kappa shape index (κ3) is 3.01. The number of hydrogen-bond donors (Lipinski definition) is 1. The molecule has 2 aliphatic rings. The van der Waals surface area contributed by atoms with Gasteiger partial charge in [-0.05, 0) is 64.7 Å². The molecule has 2 aliphatic heterocycles. The first-order valence-electron chi connectivity index (χ1n) is 8.36. The molecule has 0 amide bonds. The van der Waals surface area contributed by atoms with Crippen molar-refractivity contribution in [2.24, 2.45) is 0 Å². The van der Waals surface area contributed by atoms with Crippen LogP contribution in [0.15, 0.2) is 0 Å². The first kappa shape index (κ1) is 15.8. The Kier molecular flexibility index (Phi) is 5.44. The number of hydrogen-bond acceptors (Lipinski definition) is 3. The highest BCUT2D eigenvalue weighted by molar-refractivity contribution is 5.79. The number of aliphatic carboxylic acids is 1. The van der Waals surface area contributed by atoms with E-state index in [1.165, 1.54) is 13.0 Å². The molecule has 4 heteroatoms. The molecule has 2 saturated heterocycles. The van der Waals surface area contributed by atoms with Crippen LogP contribution in [0.4, 0.5) is 0 Å². The Bertz CT molecular complexity index is 334. The van der Waals surface area contributed by atoms with Gasteiger partial charge < -0.3 is 10.0 Å². The first-order valence-corrected chi connectivity index (χ1v) is 8.36. The largest absolute Gasteiger partial charge is 0.480 e. The molecular weight excluding hydrogens is 252 g/mol. The molecule has 2 atom stereocenters. The Labute approximate surface area is 123 Å². The third-order valence-electron chi connectivity index (χ3n) is 5.28. The number of rotatable bonds is 5. The lowest BCUT2D eigenvalue weighted by molar-refractivity contribution is -0.152. The van der Waals surface area contributed by atoms with E-state index in [1.54, 1.807) is 0 Å². The summed E-state index contributed by atoms with van der Waals surface area (Å²) in [5.74, 6) is -0.589. The fourth-order valence-corrected chi connectivity index (χ4v) is 4.22. The van der Waals surface area contributed by atoms with Gasteiger partial charge in [0, 0.05) is 6.04 Å². The molecule has 0 spiro atoms. The highest BCUT2D eigenvalue weighted by Gasteiger charge is 2.49. The molecule has 2 unspecified atom stereocenters. The highest BCUT2D eigenvalue weighted by atomic mass is 16.4. The van der Waals surface area contributed by atoms with E-state index in [0.717, 1.165) is 58.2 Å². The zero-order chi connectivity index (χ0) is 14.6. The summed E-state index contributed by atoms with van der Waals surface area (Å²) in [5, 5.41) is 9.81. The van der Waals surface area contributed by atoms with Crippen molar-refractivity contribution >= 4 is 5.97 Å². The van der Waals surface area contributed by atoms with Gasteiger partial charge in [0.15, 0.2) is 0 Å². The van der Waals surface area contributed by atoms with E-state index in [0.29, 0.717) is 6.04 Å². The predicted molar refractivity (Wildman–Crippen MR) is 81.0 cm³/mol. The van der Waals surface area contributed by atoms with Gasteiger partial charge in [-0.25, -0.2) is 0 Å². The van der Waals surface area contributed by atoms with Gasteiger partial charge >= 0.3 is 5.97 Å². The van der Waals surface area contributed by atoms with Gasteiger partial charge in [-0.1, -0.05) is 20.3 Å². The SMILES string of the molecule is CCCC1(C(=O)O)CCCN1C1CCCN(CC)CC1. The molecule has 0 saturated carbocycles. The van der Waals surface area contributed by atoms with Gasteiger partial charge in [0.25, 0.3) is 0 Å². The number of carboxylic acids is 1. The van der Waals surface area contributed by atoms with Crippen LogP contribution in [0.25, 0.3) is 0 Å². The fourth-order valence-electron chi connectivity index (χ4n) is 4.22. The summed E-state index contributed by atoms with van der Waals surface area (Å²) in [5.41, 5.74) is -0.569. The summed E-state index contributed by atoms with van der Waals surface area (Å²) in [6.07, 6.45) is 7.13. The van der Waals surface area contributed by atoms with Crippen molar-refractivity contribution in [2.75, 3.05) is 26.2 Å². The summed E-state index contributed by atoms with van der Waals surface area (Å²) in [6, 6.07) is 0.469. The van der Waals surface area contributed by atoms with Gasteiger partial charge in [-0.2, -0.15) is 0 Å². The highest BCUT2D eigenvalue weighted by Crippen LogP contribution is 2.38. The summed E-state index contributed by atoms with van der Waals surface area (Å²) in [4.78, 5) is 16.8. The number of carbonyl (C=O) groups is 1. The van der Waals surface area contributed by atoms with Gasteiger partial charge in [0.1, 0.15) is 5.54 Å². The lowest BCUT2D eigenvalue weighted by Gasteiger charge is -2.40. The van der Waals surface area contributed by atoms with Crippen LogP contribution < -0.4 is 0 Å². The van der Waals surface area contributed by atoms with E-state index in [2.05, 4.69) is 23.6 Å². The Morgan fingerprint density at radius 3 is 2.65 bits per heavy atom. The topological polar surface area (TPSA) is 43.8 Å². The maximum absolute atomic E-state index is 11.9. The minimum absolute atomic E-state index is 0.469. The van der Waals surface area contributed by atoms with Crippen molar-refractivity contribution in [1.82, 2.24) is 9.80 Å². The first-order chi connectivity index (χ1) is 9.64. The van der Waals surface area contributed by atoms with E-state index in [4.69, 9.17) is 0 Å². The second kappa shape index (κ2) is 6.90. The van der Waals surface area contributed by atoms with Crippen LogP contribution in [0.1, 0.15) is 58.8 Å². The smallest absolute Gasteiger partial charge is 0.324 e. The minimum atomic E-state index is -0.589. The van der Waals surface area contributed by atoms with Gasteiger partial charge in [0.2, 0.25) is 0 Å². The monoisotopic (exact) mass is 282 g/mol. The molecule has 2 heterocycles. The van der Waals surface area contributed by atoms with E-state index >= 15 is 0 Å². The average Bonchev–Trinajstić information content (AvgIpc) is 2.71. The molecule has 0 bridgehead atoms. The molecule has 2 rings (SSSR count). The molecule has 0 aliphatic carbocycles. The average molecular weight is 282 g/mol. The molecule has 0 aromatic heterocycles. The molecule has 116 valence electrons. The van der Waals surface area contributed by atoms with Crippen LogP contribution in [-0.2, 0) is 4.79 Å². The molecule has 20 heavy (non-hydrogen) atoms. The number of carboxylic acid groups (broad SMARTS) is 1. The minimum Gasteiger partial charge on any atom is -0.480 e. The Hall–Kier alpha value is -0.610. The van der Waals surface area contributed by atoms with Crippen LogP contribution in [0.3, 0.4) is 0 Å². The van der Waals surface area contributed by atoms with E-state index in [-0.39, 0.29) is 0 Å². The van der Waals surface area contributed by atoms with Crippen molar-refractivity contribution in [2.45, 2.75) is 70.4 Å². The van der Waals surface area contributed by atoms with Crippen molar-refractivity contribution in [3.05, 3.63) is 0 Å². The fraction of sp³-hybridized carbons (Fsp3) is 0.938. The second-order valence-electron chi connectivity index (χ2n) is 6.40. The van der Waals surface area contributed by atoms with Crippen LogP contribution in [0.2, 0.25) is 0 Å². The Morgan fingerprint density at radius 1 is 1.20 bits per heavy atom. The number of nitrogens with zero attached hydrogens (tertiary/aromatic N) is 2. The standard InChI is InChI=1S/C16H30N2O2/c1-3-9-16(15(19)20)10-6-12-18(16)14-7-5-11-17(4-2)13-8-14/h14H,3-13H2,1-2H3,(H,19,20). The summed E-state index contributed by atoms with van der Waals surface area (Å²) < 4.78 is 0. The Morgan fingerprint density at radius 2 is 2.00 bits per heavy atom. The maximum atomic E-state index is 11.9. The quantitative estimate of drug-likeness (QED) is 0.842. The summed E-state index contributed by atoms with van der Waals surface area (Å²) in [6.45, 7) is 8.71. The zero-order valence-electron chi connectivity index (χ0n) is 13.1. The molecular formula is C16H30N2O2. The maximum Gasteiger partial charge on any atom is 0.324 e. The third-order valence-corrected chi connectivity index (χ3v) is 5.28. The van der Waals surface area contributed by atoms with Crippen molar-refractivity contribution in [1.29, 1.82) is 0 Å². The van der Waals surface area contributed by atoms with E-state index in [9.17, 15) is 9.90 Å². The lowest BCUT2D eigenvalue weighted by atomic mass is 9.88. The molecule has 0 aromatic carbocycles. The molecule has 2 fully saturated rings. The van der Waals surface area contributed by atoms with Crippen LogP contribution >= 0.6 is 0 Å². The zero-order valence-corrected chi connectivity index (χ0v) is 13.1. The molecule has 0 aromatic rings. The van der Waals surface area contributed by atoms with Crippen LogP contribution in [-0.4, -0.2) is 58.6 Å². The van der Waals surface area contributed by atoms with E-state index < -0.39 is 11.5 Å². The lowest BCUT2D eigenvalue weighted by Crippen LogP contribution is -2.54. The van der Waals surface area contributed by atoms with Crippen molar-refractivity contribution in [3.63, 3.8) is 0 Å². The van der Waals surface area contributed by atoms with Crippen molar-refractivity contribution in [3.8, 4) is 0 Å². The van der Waals surface area contributed by atoms with Gasteiger partial charge in [-0.3, -0.25) is 9.69 Å².